The number of aliphatic hydroxyl groups is 1. The molecule has 0 radical (unpaired) electrons. The summed E-state index contributed by atoms with van der Waals surface area (Å²) in [6.07, 6.45) is 3.54. The molecular weight excluding hydrogens is 512 g/mol. The summed E-state index contributed by atoms with van der Waals surface area (Å²) in [7, 11) is 2.18. The SMILES string of the molecule is CN1CC[C@]23c4c5cc(CO)c(O)c4OC2C(NC(CCC(=O)OC(C)(C)C)C(=O)OC(C)(C)C)CC[C@H]3[C@H]1C5. The van der Waals surface area contributed by atoms with Gasteiger partial charge >= 0.3 is 11.9 Å². The Kier molecular flexibility index (Phi) is 7.41. The molecule has 5 rings (SSSR count). The molecule has 1 spiro atoms. The van der Waals surface area contributed by atoms with Gasteiger partial charge in [-0.1, -0.05) is 0 Å². The lowest BCUT2D eigenvalue weighted by atomic mass is 9.51. The van der Waals surface area contributed by atoms with Crippen molar-refractivity contribution < 1.29 is 34.0 Å². The van der Waals surface area contributed by atoms with Crippen molar-refractivity contribution in [2.45, 2.75) is 128 Å². The minimum Gasteiger partial charge on any atom is -0.504 e. The second-order valence-electron chi connectivity index (χ2n) is 14.2. The monoisotopic (exact) mass is 558 g/mol. The van der Waals surface area contributed by atoms with Gasteiger partial charge in [-0.25, -0.2) is 0 Å². The Bertz CT molecular complexity index is 1170. The number of carbonyl (C=O) groups excluding carboxylic acids is 2. The molecule has 2 fully saturated rings. The van der Waals surface area contributed by atoms with Crippen LogP contribution in [-0.4, -0.2) is 76.1 Å². The number of likely N-dealkylation sites (N-methyl/N-ethyl adjacent to an activating group) is 1. The van der Waals surface area contributed by atoms with E-state index in [1.807, 2.05) is 47.6 Å². The number of nitrogens with zero attached hydrogens (tertiary/aromatic N) is 1. The Morgan fingerprint density at radius 3 is 2.52 bits per heavy atom. The van der Waals surface area contributed by atoms with Gasteiger partial charge in [0.15, 0.2) is 11.5 Å². The first-order valence-electron chi connectivity index (χ1n) is 14.7. The van der Waals surface area contributed by atoms with Crippen LogP contribution in [0.2, 0.25) is 0 Å². The number of esters is 2. The van der Waals surface area contributed by atoms with Crippen molar-refractivity contribution in [3.63, 3.8) is 0 Å². The highest BCUT2D eigenvalue weighted by Crippen LogP contribution is 2.64. The average Bonchev–Trinajstić information content (AvgIpc) is 3.19. The van der Waals surface area contributed by atoms with Gasteiger partial charge in [0.25, 0.3) is 0 Å². The summed E-state index contributed by atoms with van der Waals surface area (Å²) in [5.41, 5.74) is 1.15. The Labute approximate surface area is 237 Å². The molecule has 0 amide bonds. The molecule has 2 heterocycles. The van der Waals surface area contributed by atoms with Crippen LogP contribution in [0.15, 0.2) is 6.07 Å². The average molecular weight is 559 g/mol. The van der Waals surface area contributed by atoms with Gasteiger partial charge in [-0.3, -0.25) is 14.9 Å². The van der Waals surface area contributed by atoms with Gasteiger partial charge in [-0.05, 0) is 105 Å². The molecular formula is C31H46N2O7. The van der Waals surface area contributed by atoms with Crippen LogP contribution in [0.25, 0.3) is 0 Å². The molecule has 1 saturated carbocycles. The van der Waals surface area contributed by atoms with Gasteiger partial charge in [-0.2, -0.15) is 0 Å². The third-order valence-corrected chi connectivity index (χ3v) is 9.12. The van der Waals surface area contributed by atoms with Crippen molar-refractivity contribution in [1.82, 2.24) is 10.2 Å². The third-order valence-electron chi connectivity index (χ3n) is 9.12. The quantitative estimate of drug-likeness (QED) is 0.433. The molecule has 1 aromatic carbocycles. The number of piperidine rings is 1. The van der Waals surface area contributed by atoms with Crippen LogP contribution in [0.1, 0.15) is 90.3 Å². The van der Waals surface area contributed by atoms with Crippen LogP contribution in [0.4, 0.5) is 0 Å². The zero-order valence-corrected chi connectivity index (χ0v) is 25.0. The number of benzene rings is 1. The maximum absolute atomic E-state index is 13.4. The lowest BCUT2D eigenvalue weighted by Crippen LogP contribution is -2.69. The third kappa shape index (κ3) is 5.09. The number of hydrogen-bond acceptors (Lipinski definition) is 9. The zero-order chi connectivity index (χ0) is 29.2. The van der Waals surface area contributed by atoms with Gasteiger partial charge in [0.1, 0.15) is 23.3 Å². The number of aliphatic hydroxyl groups excluding tert-OH is 1. The van der Waals surface area contributed by atoms with E-state index in [9.17, 15) is 19.8 Å². The summed E-state index contributed by atoms with van der Waals surface area (Å²) in [5, 5.41) is 24.7. The summed E-state index contributed by atoms with van der Waals surface area (Å²) >= 11 is 0. The second kappa shape index (κ2) is 10.2. The molecule has 222 valence electrons. The summed E-state index contributed by atoms with van der Waals surface area (Å²) < 4.78 is 18.0. The van der Waals surface area contributed by atoms with E-state index in [2.05, 4.69) is 17.3 Å². The Morgan fingerprint density at radius 2 is 1.88 bits per heavy atom. The van der Waals surface area contributed by atoms with Crippen molar-refractivity contribution >= 4 is 11.9 Å². The molecule has 1 saturated heterocycles. The van der Waals surface area contributed by atoms with Gasteiger partial charge in [0, 0.05) is 35.0 Å². The van der Waals surface area contributed by atoms with Crippen LogP contribution >= 0.6 is 0 Å². The molecule has 2 bridgehead atoms. The molecule has 2 aliphatic heterocycles. The standard InChI is InChI=1S/C31H46N2O7/c1-29(2,3)39-23(35)11-10-21(28(37)40-30(4,5)6)32-20-9-8-19-22-15-17-14-18(16-34)25(36)26-24(17)31(19,27(20)38-26)12-13-33(22)7/h14,19-22,27,32,34,36H,8-13,15-16H2,1-7H3/t19-,20?,21?,22+,27?,31-/m0/s1. The minimum absolute atomic E-state index is 0.0218. The lowest BCUT2D eigenvalue weighted by molar-refractivity contribution is -0.159. The number of nitrogens with one attached hydrogen (secondary N) is 1. The van der Waals surface area contributed by atoms with Gasteiger partial charge in [0.2, 0.25) is 0 Å². The molecule has 3 unspecified atom stereocenters. The zero-order valence-electron chi connectivity index (χ0n) is 25.0. The fourth-order valence-corrected chi connectivity index (χ4v) is 7.72. The lowest BCUT2D eigenvalue weighted by Gasteiger charge is -2.59. The van der Waals surface area contributed by atoms with Crippen molar-refractivity contribution in [2.24, 2.45) is 5.92 Å². The molecule has 9 heteroatoms. The predicted molar refractivity (Wildman–Crippen MR) is 149 cm³/mol. The van der Waals surface area contributed by atoms with Gasteiger partial charge in [0.05, 0.1) is 6.61 Å². The summed E-state index contributed by atoms with van der Waals surface area (Å²) in [6.45, 7) is 11.6. The molecule has 1 aromatic rings. The summed E-state index contributed by atoms with van der Waals surface area (Å²) in [4.78, 5) is 28.4. The number of ether oxygens (including phenoxy) is 3. The summed E-state index contributed by atoms with van der Waals surface area (Å²) in [5.74, 6) is 0.127. The van der Waals surface area contributed by atoms with E-state index >= 15 is 0 Å². The maximum Gasteiger partial charge on any atom is 0.323 e. The van der Waals surface area contributed by atoms with E-state index in [-0.39, 0.29) is 48.7 Å². The molecule has 0 aromatic heterocycles. The van der Waals surface area contributed by atoms with Crippen LogP contribution in [0.5, 0.6) is 11.5 Å². The van der Waals surface area contributed by atoms with E-state index in [0.29, 0.717) is 23.3 Å². The maximum atomic E-state index is 13.4. The highest BCUT2D eigenvalue weighted by molar-refractivity contribution is 5.78. The smallest absolute Gasteiger partial charge is 0.323 e. The largest absolute Gasteiger partial charge is 0.504 e. The van der Waals surface area contributed by atoms with Crippen LogP contribution in [0, 0.1) is 5.92 Å². The van der Waals surface area contributed by atoms with Gasteiger partial charge in [-0.15, -0.1) is 0 Å². The topological polar surface area (TPSA) is 118 Å². The highest BCUT2D eigenvalue weighted by Gasteiger charge is 2.65. The van der Waals surface area contributed by atoms with Gasteiger partial charge < -0.3 is 29.3 Å². The number of phenols is 1. The number of aromatic hydroxyl groups is 1. The number of rotatable bonds is 7. The normalized spacial score (nSPS) is 29.8. The number of likely N-dealkylation sites (tertiary alicyclic amines) is 1. The Balaban J connectivity index is 1.46. The van der Waals surface area contributed by atoms with Crippen molar-refractivity contribution in [3.8, 4) is 11.5 Å². The fourth-order valence-electron chi connectivity index (χ4n) is 7.72. The van der Waals surface area contributed by atoms with Crippen molar-refractivity contribution in [1.29, 1.82) is 0 Å². The van der Waals surface area contributed by atoms with E-state index in [1.165, 1.54) is 0 Å². The first-order valence-corrected chi connectivity index (χ1v) is 14.7. The second-order valence-corrected chi connectivity index (χ2v) is 14.2. The van der Waals surface area contributed by atoms with E-state index in [4.69, 9.17) is 14.2 Å². The van der Waals surface area contributed by atoms with Crippen molar-refractivity contribution in [3.05, 3.63) is 22.8 Å². The molecule has 4 aliphatic rings. The molecule has 2 aliphatic carbocycles. The first kappa shape index (κ1) is 29.1. The fraction of sp³-hybridized carbons (Fsp3) is 0.742. The molecule has 40 heavy (non-hydrogen) atoms. The molecule has 9 nitrogen and oxygen atoms in total. The predicted octanol–water partition coefficient (Wildman–Crippen LogP) is 3.34. The van der Waals surface area contributed by atoms with E-state index < -0.39 is 23.2 Å². The van der Waals surface area contributed by atoms with Crippen LogP contribution < -0.4 is 10.1 Å². The van der Waals surface area contributed by atoms with Crippen LogP contribution in [-0.2, 0) is 37.5 Å². The van der Waals surface area contributed by atoms with Crippen molar-refractivity contribution in [2.75, 3.05) is 13.6 Å². The highest BCUT2D eigenvalue weighted by atomic mass is 16.6. The Morgan fingerprint density at radius 1 is 1.18 bits per heavy atom. The number of carbonyl (C=O) groups is 2. The molecule has 3 N–H and O–H groups in total. The number of hydrogen-bond donors (Lipinski definition) is 3. The van der Waals surface area contributed by atoms with E-state index in [0.717, 1.165) is 43.4 Å². The molecule has 6 atom stereocenters. The minimum atomic E-state index is -0.719. The Hall–Kier alpha value is -2.36. The first-order chi connectivity index (χ1) is 18.6. The van der Waals surface area contributed by atoms with Crippen LogP contribution in [0.3, 0.4) is 0 Å². The van der Waals surface area contributed by atoms with E-state index in [1.54, 1.807) is 0 Å². The summed E-state index contributed by atoms with van der Waals surface area (Å²) in [6, 6.07) is 1.39.